The Morgan fingerprint density at radius 3 is 1.06 bits per heavy atom. The number of nitrogens with one attached hydrogen (secondary N) is 4. The fraction of sp³-hybridized carbons (Fsp3) is 0.729. The minimum absolute atomic E-state index is 0.0177. The lowest BCUT2D eigenvalue weighted by Gasteiger charge is -2.22. The normalized spacial score (nSPS) is 13.9. The van der Waals surface area contributed by atoms with E-state index >= 15 is 0 Å². The van der Waals surface area contributed by atoms with Gasteiger partial charge in [-0.1, -0.05) is 0 Å². The zero-order valence-electron chi connectivity index (χ0n) is 51.3. The summed E-state index contributed by atoms with van der Waals surface area (Å²) in [5.41, 5.74) is 0. The van der Waals surface area contributed by atoms with Crippen molar-refractivity contribution in [2.24, 2.45) is 0 Å². The van der Waals surface area contributed by atoms with Crippen LogP contribution in [0.4, 0.5) is 0 Å². The van der Waals surface area contributed by atoms with Gasteiger partial charge in [-0.05, 0) is 57.8 Å². The highest BCUT2D eigenvalue weighted by atomic mass is 16.7. The highest BCUT2D eigenvalue weighted by molar-refractivity contribution is 6.12. The molecule has 0 atom stereocenters. The molecule has 500 valence electrons. The van der Waals surface area contributed by atoms with Gasteiger partial charge in [0.25, 0.3) is 35.4 Å². The first-order valence-electron chi connectivity index (χ1n) is 31.0. The molecule has 0 unspecified atom stereocenters. The van der Waals surface area contributed by atoms with E-state index in [-0.39, 0.29) is 163 Å². The molecule has 0 aromatic carbocycles. The molecule has 30 heteroatoms. The Kier molecular flexibility index (Phi) is 41.1. The van der Waals surface area contributed by atoms with E-state index < -0.39 is 35.6 Å². The van der Waals surface area contributed by atoms with Crippen LogP contribution < -0.4 is 21.3 Å². The van der Waals surface area contributed by atoms with Crippen molar-refractivity contribution in [1.82, 2.24) is 41.2 Å². The molecule has 0 saturated carbocycles. The van der Waals surface area contributed by atoms with Gasteiger partial charge in [-0.15, -0.1) is 10.1 Å². The zero-order chi connectivity index (χ0) is 64.7. The van der Waals surface area contributed by atoms with E-state index in [1.807, 2.05) is 4.90 Å². The molecule has 3 aliphatic rings. The predicted octanol–water partition coefficient (Wildman–Crippen LogP) is 0.542. The van der Waals surface area contributed by atoms with Crippen LogP contribution in [0.2, 0.25) is 0 Å². The number of nitrogens with zero attached hydrogens (tertiary/aromatic N) is 4. The van der Waals surface area contributed by atoms with Crippen molar-refractivity contribution in [3.63, 3.8) is 0 Å². The summed E-state index contributed by atoms with van der Waals surface area (Å²) >= 11 is 0. The molecule has 4 N–H and O–H groups in total. The monoisotopic (exact) mass is 1260 g/mol. The van der Waals surface area contributed by atoms with Crippen LogP contribution in [0.15, 0.2) is 12.2 Å². The van der Waals surface area contributed by atoms with Crippen LogP contribution in [0.25, 0.3) is 0 Å². The maximum atomic E-state index is 12.8. The Morgan fingerprint density at radius 1 is 0.348 bits per heavy atom. The molecule has 0 bridgehead atoms. The van der Waals surface area contributed by atoms with Crippen LogP contribution in [0.3, 0.4) is 0 Å². The van der Waals surface area contributed by atoms with Crippen LogP contribution in [0.5, 0.6) is 0 Å². The topological polar surface area (TPSA) is 374 Å². The van der Waals surface area contributed by atoms with Crippen LogP contribution in [0, 0.1) is 0 Å². The number of ether oxygens (including phenoxy) is 6. The second kappa shape index (κ2) is 48.0. The van der Waals surface area contributed by atoms with E-state index in [0.29, 0.717) is 174 Å². The third kappa shape index (κ3) is 37.6. The largest absolute Gasteiger partial charge is 0.379 e. The molecule has 89 heavy (non-hydrogen) atoms. The van der Waals surface area contributed by atoms with E-state index in [1.165, 1.54) is 17.1 Å². The number of imide groups is 3. The Balaban J connectivity index is 1.16. The van der Waals surface area contributed by atoms with Crippen molar-refractivity contribution < 1.29 is 105 Å². The molecule has 3 rings (SSSR count). The molecule has 0 aromatic heterocycles. The lowest BCUT2D eigenvalue weighted by molar-refractivity contribution is -0.197. The van der Waals surface area contributed by atoms with Gasteiger partial charge < -0.3 is 64.3 Å². The van der Waals surface area contributed by atoms with E-state index in [1.54, 1.807) is 0 Å². The standard InChI is InChI=1S/C59H92N8O22/c68-46(10-1-16-58(80)88-66-54(76)20-21-55(66)77)12-4-26-60-50(72)24-32-64(33-25-51(73)61-27-5-13-47(69)11-2-17-59(81)89-67-56(78)22-23-57(67)79)30-8-36-84-40-44-86-42-38-82-34-6-28-62-48(70)14-3-15-49(71)63-29-7-35-83-39-43-87-45-41-85-37-9-31-65-52(74)18-19-53(65)75/h18-19H,1-17,20-45H2,(H,60,72)(H,61,73)(H,62,70)(H,63,71). The van der Waals surface area contributed by atoms with Gasteiger partial charge in [0.05, 0.1) is 52.9 Å². The number of Topliss-reactive ketones (excluding diaryl/α,β-unsaturated/α-hetero) is 2. The SMILES string of the molecule is O=C(CCCNC(=O)CCN(CCCOCCOCCOCCCNC(=O)CCCC(=O)NCCCOCCOCCOCCCN1C(=O)C=CC1=O)CCC(=O)NCCCC(=O)CCCC(=O)ON1C(=O)CCC1=O)CCCC(=O)ON1C(=O)CCC1=O. The van der Waals surface area contributed by atoms with Crippen LogP contribution >= 0.6 is 0 Å². The summed E-state index contributed by atoms with van der Waals surface area (Å²) in [6.45, 7) is 7.51. The minimum atomic E-state index is -0.777. The Labute approximate surface area is 519 Å². The van der Waals surface area contributed by atoms with Crippen molar-refractivity contribution in [3.05, 3.63) is 12.2 Å². The highest BCUT2D eigenvalue weighted by Crippen LogP contribution is 2.15. The van der Waals surface area contributed by atoms with E-state index in [2.05, 4.69) is 21.3 Å². The summed E-state index contributed by atoms with van der Waals surface area (Å²) in [6, 6.07) is 0. The fourth-order valence-corrected chi connectivity index (χ4v) is 8.62. The molecule has 0 aromatic rings. The third-order valence-electron chi connectivity index (χ3n) is 13.5. The smallest absolute Gasteiger partial charge is 0.333 e. The summed E-state index contributed by atoms with van der Waals surface area (Å²) in [5, 5.41) is 12.2. The first kappa shape index (κ1) is 76.3. The van der Waals surface area contributed by atoms with Gasteiger partial charge >= 0.3 is 11.9 Å². The molecule has 30 nitrogen and oxygen atoms in total. The van der Waals surface area contributed by atoms with Gasteiger partial charge in [-0.2, -0.15) is 0 Å². The summed E-state index contributed by atoms with van der Waals surface area (Å²) in [7, 11) is 0. The molecule has 0 aliphatic carbocycles. The van der Waals surface area contributed by atoms with Crippen molar-refractivity contribution in [1.29, 1.82) is 0 Å². The van der Waals surface area contributed by atoms with Crippen molar-refractivity contribution in [3.8, 4) is 0 Å². The molecule has 0 radical (unpaired) electrons. The predicted molar refractivity (Wildman–Crippen MR) is 311 cm³/mol. The maximum Gasteiger partial charge on any atom is 0.333 e. The zero-order valence-corrected chi connectivity index (χ0v) is 51.3. The van der Waals surface area contributed by atoms with Gasteiger partial charge in [-0.3, -0.25) is 62.4 Å². The molecule has 0 spiro atoms. The van der Waals surface area contributed by atoms with Crippen molar-refractivity contribution in [2.45, 2.75) is 148 Å². The molecule has 2 saturated heterocycles. The molecular weight excluding hydrogens is 1170 g/mol. The lowest BCUT2D eigenvalue weighted by atomic mass is 10.1. The van der Waals surface area contributed by atoms with Crippen LogP contribution in [-0.4, -0.2) is 234 Å². The van der Waals surface area contributed by atoms with Gasteiger partial charge in [0.2, 0.25) is 23.6 Å². The van der Waals surface area contributed by atoms with Crippen LogP contribution in [-0.2, 0) is 105 Å². The van der Waals surface area contributed by atoms with Crippen LogP contribution in [0.1, 0.15) is 148 Å². The number of rotatable bonds is 56. The first-order chi connectivity index (χ1) is 43.0. The quantitative estimate of drug-likeness (QED) is 0.0477. The highest BCUT2D eigenvalue weighted by Gasteiger charge is 2.34. The summed E-state index contributed by atoms with van der Waals surface area (Å²) in [4.78, 5) is 181. The molecule has 2 fully saturated rings. The molecule has 3 heterocycles. The van der Waals surface area contributed by atoms with E-state index in [9.17, 15) is 67.1 Å². The summed E-state index contributed by atoms with van der Waals surface area (Å²) < 4.78 is 33.4. The number of carbonyl (C=O) groups is 14. The first-order valence-corrected chi connectivity index (χ1v) is 31.0. The molecule has 10 amide bonds. The number of carbonyl (C=O) groups excluding carboxylic acids is 14. The molecular formula is C59H92N8O22. The van der Waals surface area contributed by atoms with Crippen molar-refractivity contribution in [2.75, 3.05) is 132 Å². The van der Waals surface area contributed by atoms with Gasteiger partial charge in [0.1, 0.15) is 11.6 Å². The number of amides is 10. The van der Waals surface area contributed by atoms with E-state index in [0.717, 1.165) is 0 Å². The Bertz CT molecular complexity index is 2180. The number of hydroxylamine groups is 4. The minimum Gasteiger partial charge on any atom is -0.379 e. The molecule has 3 aliphatic heterocycles. The Morgan fingerprint density at radius 2 is 0.663 bits per heavy atom. The third-order valence-corrected chi connectivity index (χ3v) is 13.5. The van der Waals surface area contributed by atoms with Gasteiger partial charge in [-0.25, -0.2) is 9.59 Å². The number of hydrogen-bond donors (Lipinski definition) is 4. The fourth-order valence-electron chi connectivity index (χ4n) is 8.62. The average Bonchev–Trinajstić information content (AvgIpc) is 3.71. The maximum absolute atomic E-state index is 12.8. The van der Waals surface area contributed by atoms with Gasteiger partial charge in [0, 0.05) is 181 Å². The number of ketones is 2. The van der Waals surface area contributed by atoms with Crippen molar-refractivity contribution >= 4 is 82.6 Å². The Hall–Kier alpha value is -6.96. The summed E-state index contributed by atoms with van der Waals surface area (Å²) in [5.74, 6) is -5.49. The second-order valence-corrected chi connectivity index (χ2v) is 20.9. The average molecular weight is 1270 g/mol. The lowest BCUT2D eigenvalue weighted by Crippen LogP contribution is -2.35. The number of hydrogen-bond acceptors (Lipinski definition) is 23. The van der Waals surface area contributed by atoms with E-state index in [4.69, 9.17) is 38.1 Å². The second-order valence-electron chi connectivity index (χ2n) is 20.9. The van der Waals surface area contributed by atoms with Gasteiger partial charge in [0.15, 0.2) is 0 Å². The summed E-state index contributed by atoms with van der Waals surface area (Å²) in [6.07, 6.45) is 7.31.